The molecule has 0 bridgehead atoms. The van der Waals surface area contributed by atoms with Crippen molar-refractivity contribution >= 4 is 34.9 Å². The van der Waals surface area contributed by atoms with Crippen LogP contribution in [-0.2, 0) is 25.0 Å². The predicted molar refractivity (Wildman–Crippen MR) is 179 cm³/mol. The Morgan fingerprint density at radius 3 is 2.44 bits per heavy atom. The molecule has 2 aliphatic heterocycles. The average Bonchev–Trinajstić information content (AvgIpc) is 3.46. The van der Waals surface area contributed by atoms with Crippen molar-refractivity contribution in [3.05, 3.63) is 53.8 Å². The van der Waals surface area contributed by atoms with Crippen LogP contribution >= 0.6 is 0 Å². The molecule has 0 saturated carbocycles. The number of fused-ring (bicyclic) bond motifs is 3. The number of rotatable bonds is 6. The van der Waals surface area contributed by atoms with E-state index in [0.29, 0.717) is 30.9 Å². The number of amides is 3. The highest BCUT2D eigenvalue weighted by Gasteiger charge is 2.55. The predicted octanol–water partition coefficient (Wildman–Crippen LogP) is 5.27. The number of carbonyl (C=O) groups is 4. The Morgan fingerprint density at radius 2 is 1.80 bits per heavy atom. The number of carboxylic acid groups (broad SMARTS) is 1. The Morgan fingerprint density at radius 1 is 1.10 bits per heavy atom. The van der Waals surface area contributed by atoms with Gasteiger partial charge in [0.2, 0.25) is 17.7 Å². The van der Waals surface area contributed by atoms with Crippen molar-refractivity contribution in [1.29, 1.82) is 0 Å². The molecule has 270 valence electrons. The van der Waals surface area contributed by atoms with Crippen molar-refractivity contribution in [2.24, 2.45) is 11.8 Å². The summed E-state index contributed by atoms with van der Waals surface area (Å²) in [7, 11) is 0. The SMILES string of the molecule is CC1=CC2C=CCCCCCC(NC(=O)OC(C)(C)C)C(=O)N3CC(COc4nc5ccccc5nc4C(C)(F)F)CC3C(=O)NC12C(=O)O. The number of hydrogen-bond donors (Lipinski definition) is 3. The molecule has 1 saturated heterocycles. The van der Waals surface area contributed by atoms with Gasteiger partial charge >= 0.3 is 12.1 Å². The molecule has 1 fully saturated rings. The minimum Gasteiger partial charge on any atom is -0.479 e. The topological polar surface area (TPSA) is 160 Å². The second kappa shape index (κ2) is 14.3. The van der Waals surface area contributed by atoms with E-state index in [9.17, 15) is 33.1 Å². The lowest BCUT2D eigenvalue weighted by Gasteiger charge is -2.44. The van der Waals surface area contributed by atoms with Crippen LogP contribution in [0.4, 0.5) is 13.6 Å². The second-order valence-corrected chi connectivity index (χ2v) is 14.4. The van der Waals surface area contributed by atoms with Gasteiger partial charge in [-0.15, -0.1) is 0 Å². The van der Waals surface area contributed by atoms with Gasteiger partial charge in [-0.1, -0.05) is 43.2 Å². The molecule has 1 aromatic heterocycles. The van der Waals surface area contributed by atoms with E-state index in [0.717, 1.165) is 12.8 Å². The number of carbonyl (C=O) groups excluding carboxylic acids is 3. The number of aliphatic carboxylic acids is 1. The fourth-order valence-electron chi connectivity index (χ4n) is 6.76. The number of para-hydroxylation sites is 2. The van der Waals surface area contributed by atoms with E-state index in [4.69, 9.17) is 9.47 Å². The maximum atomic E-state index is 14.7. The molecular formula is C36H45F2N5O7. The Balaban J connectivity index is 1.46. The maximum Gasteiger partial charge on any atom is 0.408 e. The zero-order chi connectivity index (χ0) is 36.4. The van der Waals surface area contributed by atoms with Crippen molar-refractivity contribution in [2.75, 3.05) is 13.2 Å². The first-order valence-corrected chi connectivity index (χ1v) is 17.0. The molecule has 0 radical (unpaired) electrons. The summed E-state index contributed by atoms with van der Waals surface area (Å²) in [6, 6.07) is 4.37. The summed E-state index contributed by atoms with van der Waals surface area (Å²) in [6.07, 6.45) is 7.77. The van der Waals surface area contributed by atoms with Crippen LogP contribution in [0.2, 0.25) is 0 Å². The van der Waals surface area contributed by atoms with Gasteiger partial charge in [-0.25, -0.2) is 19.6 Å². The molecule has 14 heteroatoms. The van der Waals surface area contributed by atoms with Crippen molar-refractivity contribution in [3.63, 3.8) is 0 Å². The lowest BCUT2D eigenvalue weighted by molar-refractivity contribution is -0.149. The highest BCUT2D eigenvalue weighted by molar-refractivity contribution is 5.97. The molecule has 0 spiro atoms. The van der Waals surface area contributed by atoms with Crippen LogP contribution in [0, 0.1) is 11.8 Å². The summed E-state index contributed by atoms with van der Waals surface area (Å²) in [5.41, 5.74) is -2.09. The Kier molecular flexibility index (Phi) is 10.5. The Hall–Kier alpha value is -4.62. The van der Waals surface area contributed by atoms with Crippen LogP contribution in [0.3, 0.4) is 0 Å². The van der Waals surface area contributed by atoms with Crippen LogP contribution < -0.4 is 15.4 Å². The van der Waals surface area contributed by atoms with Crippen LogP contribution in [0.15, 0.2) is 48.1 Å². The summed E-state index contributed by atoms with van der Waals surface area (Å²) in [5.74, 6) is -7.34. The summed E-state index contributed by atoms with van der Waals surface area (Å²) >= 11 is 0. The number of halogens is 2. The summed E-state index contributed by atoms with van der Waals surface area (Å²) in [4.78, 5) is 63.7. The zero-order valence-electron chi connectivity index (χ0n) is 29.0. The van der Waals surface area contributed by atoms with Gasteiger partial charge in [0.25, 0.3) is 5.92 Å². The van der Waals surface area contributed by atoms with Crippen molar-refractivity contribution in [1.82, 2.24) is 25.5 Å². The molecule has 5 rings (SSSR count). The molecule has 1 aromatic carbocycles. The zero-order valence-corrected chi connectivity index (χ0v) is 29.0. The minimum atomic E-state index is -3.38. The number of alkyl carbamates (subject to hydrolysis) is 1. The van der Waals surface area contributed by atoms with Crippen LogP contribution in [-0.4, -0.2) is 80.2 Å². The number of benzene rings is 1. The van der Waals surface area contributed by atoms with Crippen LogP contribution in [0.25, 0.3) is 11.0 Å². The van der Waals surface area contributed by atoms with Gasteiger partial charge in [0, 0.05) is 25.3 Å². The van der Waals surface area contributed by atoms with E-state index < -0.39 is 70.6 Å². The van der Waals surface area contributed by atoms with Gasteiger partial charge in [0.15, 0.2) is 11.2 Å². The average molecular weight is 698 g/mol. The van der Waals surface area contributed by atoms with Gasteiger partial charge in [-0.3, -0.25) is 9.59 Å². The lowest BCUT2D eigenvalue weighted by Crippen LogP contribution is -2.66. The third-order valence-electron chi connectivity index (χ3n) is 9.29. The third kappa shape index (κ3) is 7.89. The van der Waals surface area contributed by atoms with Crippen LogP contribution in [0.5, 0.6) is 5.88 Å². The molecule has 3 N–H and O–H groups in total. The van der Waals surface area contributed by atoms with Gasteiger partial charge < -0.3 is 30.1 Å². The van der Waals surface area contributed by atoms with Gasteiger partial charge in [-0.2, -0.15) is 8.78 Å². The van der Waals surface area contributed by atoms with Gasteiger partial charge in [-0.05, 0) is 71.1 Å². The molecule has 50 heavy (non-hydrogen) atoms. The Labute approximate surface area is 289 Å². The highest BCUT2D eigenvalue weighted by Crippen LogP contribution is 2.40. The third-order valence-corrected chi connectivity index (χ3v) is 9.29. The number of aromatic nitrogens is 2. The minimum absolute atomic E-state index is 0.0273. The first-order valence-electron chi connectivity index (χ1n) is 17.0. The second-order valence-electron chi connectivity index (χ2n) is 14.4. The molecule has 2 aromatic rings. The smallest absolute Gasteiger partial charge is 0.408 e. The molecule has 3 aliphatic rings. The molecule has 12 nitrogen and oxygen atoms in total. The fraction of sp³-hybridized carbons (Fsp3) is 0.556. The van der Waals surface area contributed by atoms with Crippen molar-refractivity contribution < 1.29 is 42.5 Å². The van der Waals surface area contributed by atoms with E-state index in [1.807, 2.05) is 6.08 Å². The molecule has 3 amide bonds. The number of allylic oxidation sites excluding steroid dienone is 1. The quantitative estimate of drug-likeness (QED) is 0.342. The molecular weight excluding hydrogens is 652 g/mol. The largest absolute Gasteiger partial charge is 0.479 e. The van der Waals surface area contributed by atoms with E-state index in [2.05, 4.69) is 20.6 Å². The van der Waals surface area contributed by atoms with E-state index >= 15 is 0 Å². The van der Waals surface area contributed by atoms with Crippen LogP contribution in [0.1, 0.15) is 78.8 Å². The molecule has 1 aliphatic carbocycles. The lowest BCUT2D eigenvalue weighted by atomic mass is 9.67. The summed E-state index contributed by atoms with van der Waals surface area (Å²) in [5, 5.41) is 15.8. The standard InChI is InChI=1S/C36H45F2N5O7/c1-21-17-23-13-9-7-6-8-10-16-26(41-33(48)50-34(2,3)4)31(45)43-19-22(18-27(43)29(44)42-36(21,23)32(46)47)20-49-30-28(35(5,37)38)39-24-14-11-12-15-25(24)40-30/h9,11-15,17,22-23,26-27H,6-8,10,16,18-20H2,1-5H3,(H,41,48)(H,42,44)(H,46,47). The number of nitrogens with one attached hydrogen (secondary N) is 2. The van der Waals surface area contributed by atoms with E-state index in [1.54, 1.807) is 64.1 Å². The van der Waals surface area contributed by atoms with Gasteiger partial charge in [0.1, 0.15) is 17.7 Å². The van der Waals surface area contributed by atoms with Crippen molar-refractivity contribution in [3.8, 4) is 5.88 Å². The molecule has 5 atom stereocenters. The summed E-state index contributed by atoms with van der Waals surface area (Å²) < 4.78 is 40.7. The van der Waals surface area contributed by atoms with Gasteiger partial charge in [0.05, 0.1) is 17.6 Å². The Bertz CT molecular complexity index is 1700. The number of ether oxygens (including phenoxy) is 2. The first-order chi connectivity index (χ1) is 23.5. The fourth-order valence-corrected chi connectivity index (χ4v) is 6.76. The normalized spacial score (nSPS) is 26.4. The monoisotopic (exact) mass is 697 g/mol. The van der Waals surface area contributed by atoms with E-state index in [1.165, 1.54) is 4.90 Å². The molecule has 5 unspecified atom stereocenters. The number of nitrogens with zero attached hydrogens (tertiary/aromatic N) is 3. The molecule has 3 heterocycles. The maximum absolute atomic E-state index is 14.7. The van der Waals surface area contributed by atoms with E-state index in [-0.39, 0.29) is 37.4 Å². The summed E-state index contributed by atoms with van der Waals surface area (Å²) in [6.45, 7) is 7.21. The number of alkyl halides is 2. The number of hydrogen-bond acceptors (Lipinski definition) is 8. The number of carboxylic acids is 1. The first kappa shape index (κ1) is 36.7. The highest BCUT2D eigenvalue weighted by atomic mass is 19.3. The van der Waals surface area contributed by atoms with Crippen molar-refractivity contribution in [2.45, 2.75) is 102 Å².